The van der Waals surface area contributed by atoms with Gasteiger partial charge in [-0.25, -0.2) is 9.97 Å². The number of hydrogen-bond donors (Lipinski definition) is 1. The minimum Gasteiger partial charge on any atom is -0.339 e. The van der Waals surface area contributed by atoms with E-state index in [1.54, 1.807) is 29.8 Å². The summed E-state index contributed by atoms with van der Waals surface area (Å²) in [5, 5.41) is 6.12. The van der Waals surface area contributed by atoms with E-state index in [0.29, 0.717) is 5.69 Å². The van der Waals surface area contributed by atoms with Crippen LogP contribution in [0.3, 0.4) is 0 Å². The van der Waals surface area contributed by atoms with Gasteiger partial charge in [0.15, 0.2) is 0 Å². The molecule has 2 heterocycles. The Bertz CT molecular complexity index is 591. The number of pyridine rings is 1. The third-order valence-corrected chi connectivity index (χ3v) is 5.06. The van der Waals surface area contributed by atoms with E-state index in [1.807, 2.05) is 11.4 Å². The average molecular weight is 352 g/mol. The average Bonchev–Trinajstić information content (AvgIpc) is 3.10. The van der Waals surface area contributed by atoms with Gasteiger partial charge in [0.05, 0.1) is 5.54 Å². The smallest absolute Gasteiger partial charge is 0.270 e. The van der Waals surface area contributed by atoms with Crippen molar-refractivity contribution in [2.24, 2.45) is 0 Å². The Morgan fingerprint density at radius 1 is 1.30 bits per heavy atom. The molecule has 1 aliphatic carbocycles. The van der Waals surface area contributed by atoms with Gasteiger partial charge in [0.2, 0.25) is 0 Å². The molecule has 104 valence electrons. The molecule has 6 heteroatoms. The van der Waals surface area contributed by atoms with E-state index in [4.69, 9.17) is 0 Å². The molecule has 0 aromatic carbocycles. The van der Waals surface area contributed by atoms with E-state index < -0.39 is 0 Å². The number of carbonyl (C=O) groups is 1. The highest BCUT2D eigenvalue weighted by Crippen LogP contribution is 2.39. The molecule has 2 aromatic heterocycles. The highest BCUT2D eigenvalue weighted by atomic mass is 79.9. The third kappa shape index (κ3) is 2.62. The van der Waals surface area contributed by atoms with Crippen LogP contribution in [0.4, 0.5) is 0 Å². The fourth-order valence-corrected chi connectivity index (χ4v) is 3.71. The topological polar surface area (TPSA) is 54.9 Å². The first-order valence-electron chi connectivity index (χ1n) is 6.54. The minimum absolute atomic E-state index is 0.130. The first kappa shape index (κ1) is 13.7. The predicted octanol–water partition coefficient (Wildman–Crippen LogP) is 3.50. The number of aromatic nitrogens is 2. The van der Waals surface area contributed by atoms with Crippen LogP contribution in [0, 0.1) is 0 Å². The van der Waals surface area contributed by atoms with Crippen molar-refractivity contribution in [2.45, 2.75) is 31.2 Å². The molecule has 3 rings (SSSR count). The van der Waals surface area contributed by atoms with Gasteiger partial charge in [-0.2, -0.15) is 0 Å². The van der Waals surface area contributed by atoms with Crippen LogP contribution in [0.5, 0.6) is 0 Å². The molecule has 1 aliphatic rings. The van der Waals surface area contributed by atoms with Crippen molar-refractivity contribution >= 4 is 33.2 Å². The second-order valence-corrected chi connectivity index (χ2v) is 6.75. The largest absolute Gasteiger partial charge is 0.339 e. The summed E-state index contributed by atoms with van der Waals surface area (Å²) in [5.41, 5.74) is 0.135. The highest BCUT2D eigenvalue weighted by Gasteiger charge is 2.39. The Kier molecular flexibility index (Phi) is 3.85. The standard InChI is InChI=1S/C14H14BrN3OS/c15-10-3-4-11(17-9-10)12(19)18-14(5-1-2-6-14)13-16-7-8-20-13/h3-4,7-9H,1-2,5-6H2,(H,18,19). The van der Waals surface area contributed by atoms with Crippen LogP contribution < -0.4 is 5.32 Å². The number of amides is 1. The molecule has 1 saturated carbocycles. The molecule has 0 unspecified atom stereocenters. The number of thiazole rings is 1. The fraction of sp³-hybridized carbons (Fsp3) is 0.357. The van der Waals surface area contributed by atoms with Gasteiger partial charge in [0, 0.05) is 22.2 Å². The maximum absolute atomic E-state index is 12.4. The molecule has 20 heavy (non-hydrogen) atoms. The number of hydrogen-bond acceptors (Lipinski definition) is 4. The Hall–Kier alpha value is -1.27. The van der Waals surface area contributed by atoms with E-state index in [0.717, 1.165) is 35.2 Å². The van der Waals surface area contributed by atoms with Crippen molar-refractivity contribution in [1.82, 2.24) is 15.3 Å². The number of carbonyl (C=O) groups excluding carboxylic acids is 1. The van der Waals surface area contributed by atoms with E-state index in [9.17, 15) is 4.79 Å². The zero-order chi connectivity index (χ0) is 14.0. The van der Waals surface area contributed by atoms with Crippen molar-refractivity contribution in [3.63, 3.8) is 0 Å². The Morgan fingerprint density at radius 3 is 2.70 bits per heavy atom. The van der Waals surface area contributed by atoms with Gasteiger partial charge in [-0.15, -0.1) is 11.3 Å². The van der Waals surface area contributed by atoms with E-state index in [2.05, 4.69) is 31.2 Å². The molecule has 1 fully saturated rings. The van der Waals surface area contributed by atoms with E-state index in [-0.39, 0.29) is 11.4 Å². The maximum Gasteiger partial charge on any atom is 0.270 e. The Labute approximate surface area is 129 Å². The second kappa shape index (κ2) is 5.61. The highest BCUT2D eigenvalue weighted by molar-refractivity contribution is 9.10. The first-order valence-corrected chi connectivity index (χ1v) is 8.21. The van der Waals surface area contributed by atoms with Crippen LogP contribution in [0.1, 0.15) is 41.2 Å². The Balaban J connectivity index is 1.84. The lowest BCUT2D eigenvalue weighted by atomic mass is 9.98. The molecule has 0 radical (unpaired) electrons. The monoisotopic (exact) mass is 351 g/mol. The molecule has 4 nitrogen and oxygen atoms in total. The van der Waals surface area contributed by atoms with Crippen LogP contribution in [0.2, 0.25) is 0 Å². The quantitative estimate of drug-likeness (QED) is 0.920. The van der Waals surface area contributed by atoms with Crippen LogP contribution in [0.15, 0.2) is 34.4 Å². The number of halogens is 1. The molecule has 0 spiro atoms. The van der Waals surface area contributed by atoms with Crippen LogP contribution >= 0.6 is 27.3 Å². The summed E-state index contributed by atoms with van der Waals surface area (Å²) in [4.78, 5) is 21.0. The lowest BCUT2D eigenvalue weighted by Gasteiger charge is -2.27. The molecule has 2 aromatic rings. The van der Waals surface area contributed by atoms with Gasteiger partial charge in [-0.05, 0) is 40.9 Å². The molecule has 1 N–H and O–H groups in total. The summed E-state index contributed by atoms with van der Waals surface area (Å²) in [6, 6.07) is 3.55. The van der Waals surface area contributed by atoms with Crippen molar-refractivity contribution in [2.75, 3.05) is 0 Å². The molecule has 0 bridgehead atoms. The summed E-state index contributed by atoms with van der Waals surface area (Å²) < 4.78 is 0.865. The van der Waals surface area contributed by atoms with Crippen molar-refractivity contribution in [3.8, 4) is 0 Å². The summed E-state index contributed by atoms with van der Waals surface area (Å²) in [6.07, 6.45) is 7.57. The van der Waals surface area contributed by atoms with Gasteiger partial charge < -0.3 is 5.32 Å². The molecular formula is C14H14BrN3OS. The van der Waals surface area contributed by atoms with Gasteiger partial charge in [0.25, 0.3) is 5.91 Å². The summed E-state index contributed by atoms with van der Waals surface area (Å²) in [6.45, 7) is 0. The van der Waals surface area contributed by atoms with Crippen LogP contribution in [0.25, 0.3) is 0 Å². The van der Waals surface area contributed by atoms with Crippen molar-refractivity contribution in [1.29, 1.82) is 0 Å². The lowest BCUT2D eigenvalue weighted by molar-refractivity contribution is 0.0893. The molecule has 0 aliphatic heterocycles. The van der Waals surface area contributed by atoms with Crippen molar-refractivity contribution < 1.29 is 4.79 Å². The first-order chi connectivity index (χ1) is 9.70. The summed E-state index contributed by atoms with van der Waals surface area (Å²) in [5.74, 6) is -0.130. The van der Waals surface area contributed by atoms with Gasteiger partial charge in [-0.3, -0.25) is 4.79 Å². The van der Waals surface area contributed by atoms with Crippen LogP contribution in [-0.4, -0.2) is 15.9 Å². The third-order valence-electron chi connectivity index (χ3n) is 3.61. The van der Waals surface area contributed by atoms with Gasteiger partial charge in [0.1, 0.15) is 10.7 Å². The number of nitrogens with zero attached hydrogens (tertiary/aromatic N) is 2. The minimum atomic E-state index is -0.306. The molecule has 0 atom stereocenters. The lowest BCUT2D eigenvalue weighted by Crippen LogP contribution is -2.44. The van der Waals surface area contributed by atoms with Gasteiger partial charge >= 0.3 is 0 Å². The summed E-state index contributed by atoms with van der Waals surface area (Å²) in [7, 11) is 0. The van der Waals surface area contributed by atoms with Crippen molar-refractivity contribution in [3.05, 3.63) is 45.1 Å². The predicted molar refractivity (Wildman–Crippen MR) is 81.7 cm³/mol. The number of rotatable bonds is 3. The van der Waals surface area contributed by atoms with E-state index in [1.165, 1.54) is 0 Å². The fourth-order valence-electron chi connectivity index (χ4n) is 2.62. The normalized spacial score (nSPS) is 17.1. The maximum atomic E-state index is 12.4. The van der Waals surface area contributed by atoms with E-state index >= 15 is 0 Å². The Morgan fingerprint density at radius 2 is 2.10 bits per heavy atom. The van der Waals surface area contributed by atoms with Crippen LogP contribution in [-0.2, 0) is 5.54 Å². The molecule has 1 amide bonds. The second-order valence-electron chi connectivity index (χ2n) is 4.94. The molecular weight excluding hydrogens is 338 g/mol. The summed E-state index contributed by atoms with van der Waals surface area (Å²) >= 11 is 4.93. The number of nitrogens with one attached hydrogen (secondary N) is 1. The molecule has 0 saturated heterocycles. The SMILES string of the molecule is O=C(NC1(c2nccs2)CCCC1)c1ccc(Br)cn1. The zero-order valence-corrected chi connectivity index (χ0v) is 13.2. The zero-order valence-electron chi connectivity index (χ0n) is 10.8. The van der Waals surface area contributed by atoms with Gasteiger partial charge in [-0.1, -0.05) is 12.8 Å².